The summed E-state index contributed by atoms with van der Waals surface area (Å²) in [5.74, 6) is 1.10. The second kappa shape index (κ2) is 8.43. The molecule has 0 radical (unpaired) electrons. The highest BCUT2D eigenvalue weighted by molar-refractivity contribution is 7.90. The van der Waals surface area contributed by atoms with Crippen molar-refractivity contribution in [1.82, 2.24) is 23.7 Å². The van der Waals surface area contributed by atoms with Crippen molar-refractivity contribution in [3.63, 3.8) is 0 Å². The van der Waals surface area contributed by atoms with E-state index in [1.165, 1.54) is 25.5 Å². The van der Waals surface area contributed by atoms with E-state index in [0.717, 1.165) is 27.1 Å². The summed E-state index contributed by atoms with van der Waals surface area (Å²) >= 11 is 0. The van der Waals surface area contributed by atoms with Crippen LogP contribution in [0.1, 0.15) is 50.6 Å². The number of anilines is 3. The molecule has 3 heterocycles. The summed E-state index contributed by atoms with van der Waals surface area (Å²) in [7, 11) is -3.94. The van der Waals surface area contributed by atoms with Crippen LogP contribution in [0.4, 0.5) is 17.5 Å². The smallest absolute Gasteiger partial charge is 0.269 e. The van der Waals surface area contributed by atoms with E-state index < -0.39 is 22.9 Å². The van der Waals surface area contributed by atoms with Crippen LogP contribution in [-0.2, 0) is 10.0 Å². The lowest BCUT2D eigenvalue weighted by atomic mass is 10.2. The molecule has 3 aromatic heterocycles. The Hall–Kier alpha value is -3.40. The van der Waals surface area contributed by atoms with Crippen molar-refractivity contribution in [2.45, 2.75) is 57.4 Å². The minimum Gasteiger partial charge on any atom is -0.367 e. The maximum Gasteiger partial charge on any atom is 0.269 e. The second-order valence-corrected chi connectivity index (χ2v) is 10.5. The van der Waals surface area contributed by atoms with Gasteiger partial charge in [0.15, 0.2) is 5.65 Å². The number of nitrogens with zero attached hydrogens (tertiary/aromatic N) is 5. The van der Waals surface area contributed by atoms with E-state index in [4.69, 9.17) is 5.48 Å². The fourth-order valence-electron chi connectivity index (χ4n) is 3.81. The highest BCUT2D eigenvalue weighted by Gasteiger charge is 2.29. The Bertz CT molecular complexity index is 1590. The standard InChI is InChI=1S/C24H29N7O2S/c1-15(2)30-14-19(13-25-30)27-24-28-22(26-17(4)18-7-8-18)21-11-12-31(23(21)29-24)34(32,33)20-9-5-16(3)6-10-20/h5-6,9-15,17-18H,7-8H2,1-4H3,(H2,26,27,28,29)/t17-/m0/s1/i1D3,15D/t15?,17-. The average Bonchev–Trinajstić information content (AvgIpc) is 3.42. The molecule has 0 aliphatic heterocycles. The predicted molar refractivity (Wildman–Crippen MR) is 133 cm³/mol. The molecule has 1 unspecified atom stereocenters. The van der Waals surface area contributed by atoms with Gasteiger partial charge in [-0.3, -0.25) is 4.68 Å². The Kier molecular flexibility index (Phi) is 4.46. The van der Waals surface area contributed by atoms with Crippen molar-refractivity contribution in [2.24, 2.45) is 5.92 Å². The van der Waals surface area contributed by atoms with E-state index in [9.17, 15) is 8.42 Å². The minimum absolute atomic E-state index is 0.0992. The van der Waals surface area contributed by atoms with Crippen LogP contribution in [0.25, 0.3) is 11.0 Å². The van der Waals surface area contributed by atoms with Crippen LogP contribution in [0.15, 0.2) is 53.8 Å². The molecule has 4 aromatic rings. The molecule has 1 aliphatic rings. The molecule has 5 rings (SSSR count). The van der Waals surface area contributed by atoms with Crippen molar-refractivity contribution in [3.05, 3.63) is 54.5 Å². The third kappa shape index (κ3) is 4.25. The Morgan fingerprint density at radius 3 is 2.65 bits per heavy atom. The molecule has 0 saturated heterocycles. The number of benzene rings is 1. The van der Waals surface area contributed by atoms with Crippen molar-refractivity contribution in [3.8, 4) is 0 Å². The van der Waals surface area contributed by atoms with Crippen LogP contribution in [0.2, 0.25) is 0 Å². The van der Waals surface area contributed by atoms with E-state index in [2.05, 4.69) is 32.6 Å². The van der Waals surface area contributed by atoms with Gasteiger partial charge in [-0.2, -0.15) is 15.1 Å². The molecule has 1 saturated carbocycles. The number of rotatable bonds is 8. The zero-order chi connectivity index (χ0) is 27.5. The van der Waals surface area contributed by atoms with E-state index in [1.54, 1.807) is 30.3 Å². The van der Waals surface area contributed by atoms with Gasteiger partial charge in [-0.15, -0.1) is 0 Å². The van der Waals surface area contributed by atoms with E-state index in [-0.39, 0.29) is 22.5 Å². The molecule has 178 valence electrons. The van der Waals surface area contributed by atoms with Gasteiger partial charge in [-0.25, -0.2) is 12.4 Å². The Balaban J connectivity index is 1.57. The van der Waals surface area contributed by atoms with Gasteiger partial charge >= 0.3 is 0 Å². The normalized spacial score (nSPS) is 18.9. The first-order valence-corrected chi connectivity index (χ1v) is 12.5. The summed E-state index contributed by atoms with van der Waals surface area (Å²) in [6, 6.07) is 6.41. The quantitative estimate of drug-likeness (QED) is 0.374. The predicted octanol–water partition coefficient (Wildman–Crippen LogP) is 4.71. The second-order valence-electron chi connectivity index (χ2n) is 8.72. The van der Waals surface area contributed by atoms with Gasteiger partial charge in [0.1, 0.15) is 5.82 Å². The van der Waals surface area contributed by atoms with E-state index >= 15 is 0 Å². The molecule has 0 bridgehead atoms. The molecular formula is C24H29N7O2S. The average molecular weight is 484 g/mol. The van der Waals surface area contributed by atoms with Gasteiger partial charge in [0.25, 0.3) is 10.0 Å². The fourth-order valence-corrected chi connectivity index (χ4v) is 5.10. The van der Waals surface area contributed by atoms with Crippen molar-refractivity contribution in [2.75, 3.05) is 10.6 Å². The topological polar surface area (TPSA) is 107 Å². The molecule has 1 aromatic carbocycles. The maximum absolute atomic E-state index is 13.5. The monoisotopic (exact) mass is 483 g/mol. The first kappa shape index (κ1) is 18.0. The molecule has 2 N–H and O–H groups in total. The third-order valence-corrected chi connectivity index (χ3v) is 7.64. The van der Waals surface area contributed by atoms with Gasteiger partial charge in [-0.05, 0) is 64.6 Å². The number of hydrogen-bond acceptors (Lipinski definition) is 7. The number of fused-ring (bicyclic) bond motifs is 1. The number of aryl methyl sites for hydroxylation is 1. The zero-order valence-electron chi connectivity index (χ0n) is 23.1. The van der Waals surface area contributed by atoms with Crippen LogP contribution in [0, 0.1) is 12.8 Å². The number of nitrogens with one attached hydrogen (secondary N) is 2. The van der Waals surface area contributed by atoms with Crippen LogP contribution in [0.5, 0.6) is 0 Å². The number of hydrogen-bond donors (Lipinski definition) is 2. The van der Waals surface area contributed by atoms with Gasteiger partial charge in [0.05, 0.1) is 23.5 Å². The maximum atomic E-state index is 13.5. The van der Waals surface area contributed by atoms with Crippen LogP contribution >= 0.6 is 0 Å². The van der Waals surface area contributed by atoms with E-state index in [1.807, 2.05) is 6.92 Å². The van der Waals surface area contributed by atoms with E-state index in [0.29, 0.717) is 22.8 Å². The highest BCUT2D eigenvalue weighted by Crippen LogP contribution is 2.35. The van der Waals surface area contributed by atoms with Gasteiger partial charge in [-0.1, -0.05) is 17.7 Å². The van der Waals surface area contributed by atoms with Crippen molar-refractivity contribution in [1.29, 1.82) is 0 Å². The SMILES string of the molecule is [2H]C([2H])([2H])C([2H])(C)n1cc(Nc2nc(N[C@@H](C)C3CC3)c3ccn(S(=O)(=O)c4ccc(C)cc4)c3n2)cn1. The Morgan fingerprint density at radius 1 is 1.18 bits per heavy atom. The molecule has 9 nitrogen and oxygen atoms in total. The Labute approximate surface area is 204 Å². The van der Waals surface area contributed by atoms with Gasteiger partial charge in [0.2, 0.25) is 5.95 Å². The minimum atomic E-state index is -3.94. The fraction of sp³-hybridized carbons (Fsp3) is 0.375. The number of aromatic nitrogens is 5. The van der Waals surface area contributed by atoms with Crippen LogP contribution < -0.4 is 10.6 Å². The van der Waals surface area contributed by atoms with Gasteiger partial charge in [0, 0.05) is 28.6 Å². The van der Waals surface area contributed by atoms with Crippen molar-refractivity contribution >= 4 is 38.5 Å². The molecule has 10 heteroatoms. The first-order chi connectivity index (χ1) is 17.8. The molecular weight excluding hydrogens is 450 g/mol. The summed E-state index contributed by atoms with van der Waals surface area (Å²) in [5.41, 5.74) is 1.49. The lowest BCUT2D eigenvalue weighted by Crippen LogP contribution is -2.19. The van der Waals surface area contributed by atoms with Crippen LogP contribution in [0.3, 0.4) is 0 Å². The van der Waals surface area contributed by atoms with Crippen molar-refractivity contribution < 1.29 is 13.9 Å². The third-order valence-electron chi connectivity index (χ3n) is 5.96. The largest absolute Gasteiger partial charge is 0.367 e. The molecule has 0 spiro atoms. The summed E-state index contributed by atoms with van der Waals surface area (Å²) in [4.78, 5) is 9.26. The lowest BCUT2D eigenvalue weighted by Gasteiger charge is -2.16. The molecule has 1 aliphatic carbocycles. The molecule has 34 heavy (non-hydrogen) atoms. The molecule has 0 amide bonds. The molecule has 1 fully saturated rings. The summed E-state index contributed by atoms with van der Waals surface area (Å²) in [6.07, 6.45) is 6.45. The van der Waals surface area contributed by atoms with Crippen LogP contribution in [-0.4, -0.2) is 38.2 Å². The molecule has 2 atom stereocenters. The van der Waals surface area contributed by atoms with Gasteiger partial charge < -0.3 is 10.6 Å². The summed E-state index contributed by atoms with van der Waals surface area (Å²) in [6.45, 7) is 2.60. The summed E-state index contributed by atoms with van der Waals surface area (Å²) < 4.78 is 60.4. The summed E-state index contributed by atoms with van der Waals surface area (Å²) in [5, 5.41) is 11.0. The Morgan fingerprint density at radius 2 is 1.94 bits per heavy atom. The lowest BCUT2D eigenvalue weighted by molar-refractivity contribution is 0.532. The first-order valence-electron chi connectivity index (χ1n) is 13.1. The zero-order valence-corrected chi connectivity index (χ0v) is 20.0. The highest BCUT2D eigenvalue weighted by atomic mass is 32.2.